The van der Waals surface area contributed by atoms with Gasteiger partial charge in [0.05, 0.1) is 18.5 Å². The smallest absolute Gasteiger partial charge is 0.194 e. The van der Waals surface area contributed by atoms with Crippen molar-refractivity contribution in [2.45, 2.75) is 13.3 Å². The van der Waals surface area contributed by atoms with Gasteiger partial charge in [-0.15, -0.1) is 0 Å². The maximum absolute atomic E-state index is 10.2. The number of anilines is 2. The Hall–Kier alpha value is -3.09. The van der Waals surface area contributed by atoms with Gasteiger partial charge in [0.25, 0.3) is 0 Å². The fourth-order valence-corrected chi connectivity index (χ4v) is 4.62. The fraction of sp³-hybridized carbons (Fsp3) is 0.480. The summed E-state index contributed by atoms with van der Waals surface area (Å²) in [6, 6.07) is 15.8. The second-order valence-electron chi connectivity index (χ2n) is 8.43. The summed E-state index contributed by atoms with van der Waals surface area (Å²) >= 11 is 0. The summed E-state index contributed by atoms with van der Waals surface area (Å²) in [5.41, 5.74) is 2.09. The van der Waals surface area contributed by atoms with E-state index in [0.29, 0.717) is 11.7 Å². The molecular formula is C25H35N5O2. The highest BCUT2D eigenvalue weighted by Gasteiger charge is 2.26. The summed E-state index contributed by atoms with van der Waals surface area (Å²) in [5, 5.41) is 13.6. The number of nitrogens with one attached hydrogen (secondary N) is 1. The van der Waals surface area contributed by atoms with Crippen LogP contribution in [0.25, 0.3) is 0 Å². The number of nitrogens with zero attached hydrogens (tertiary/aromatic N) is 4. The minimum Gasteiger partial charge on any atom is -0.506 e. The number of hydrogen-bond donors (Lipinski definition) is 2. The van der Waals surface area contributed by atoms with Crippen LogP contribution < -0.4 is 19.9 Å². The van der Waals surface area contributed by atoms with Crippen LogP contribution in [0.1, 0.15) is 13.3 Å². The normalized spacial score (nSPS) is 19.4. The summed E-state index contributed by atoms with van der Waals surface area (Å²) in [6.45, 7) is 9.36. The van der Waals surface area contributed by atoms with Crippen molar-refractivity contribution in [3.63, 3.8) is 0 Å². The Labute approximate surface area is 191 Å². The molecular weight excluding hydrogens is 402 g/mol. The molecule has 2 aromatic carbocycles. The van der Waals surface area contributed by atoms with Gasteiger partial charge in [0.1, 0.15) is 11.5 Å². The molecule has 2 N–H and O–H groups in total. The van der Waals surface area contributed by atoms with E-state index in [1.54, 1.807) is 13.2 Å². The Balaban J connectivity index is 1.34. The fourth-order valence-electron chi connectivity index (χ4n) is 4.62. The molecule has 2 fully saturated rings. The van der Waals surface area contributed by atoms with E-state index >= 15 is 0 Å². The lowest BCUT2D eigenvalue weighted by Gasteiger charge is -2.38. The Morgan fingerprint density at radius 2 is 1.72 bits per heavy atom. The number of rotatable bonds is 6. The molecule has 1 unspecified atom stereocenters. The van der Waals surface area contributed by atoms with E-state index in [0.717, 1.165) is 76.2 Å². The van der Waals surface area contributed by atoms with Crippen LogP contribution in [0.2, 0.25) is 0 Å². The van der Waals surface area contributed by atoms with E-state index < -0.39 is 0 Å². The molecule has 32 heavy (non-hydrogen) atoms. The van der Waals surface area contributed by atoms with E-state index in [1.807, 2.05) is 30.3 Å². The van der Waals surface area contributed by atoms with Crippen molar-refractivity contribution in [1.82, 2.24) is 10.2 Å². The molecule has 2 saturated heterocycles. The van der Waals surface area contributed by atoms with Gasteiger partial charge in [0, 0.05) is 52.4 Å². The number of piperazine rings is 1. The quantitative estimate of drug-likeness (QED) is 0.535. The van der Waals surface area contributed by atoms with Crippen molar-refractivity contribution >= 4 is 17.3 Å². The van der Waals surface area contributed by atoms with Crippen LogP contribution in [0.3, 0.4) is 0 Å². The number of para-hydroxylation sites is 4. The van der Waals surface area contributed by atoms with Gasteiger partial charge in [0.2, 0.25) is 0 Å². The molecule has 0 spiro atoms. The van der Waals surface area contributed by atoms with Crippen LogP contribution in [0, 0.1) is 5.92 Å². The van der Waals surface area contributed by atoms with Crippen molar-refractivity contribution in [2.75, 3.05) is 69.3 Å². The maximum Gasteiger partial charge on any atom is 0.194 e. The van der Waals surface area contributed by atoms with Crippen molar-refractivity contribution in [3.05, 3.63) is 48.5 Å². The zero-order valence-corrected chi connectivity index (χ0v) is 19.2. The Bertz CT molecular complexity index is 911. The first kappa shape index (κ1) is 22.1. The molecule has 0 radical (unpaired) electrons. The van der Waals surface area contributed by atoms with Crippen LogP contribution in [-0.2, 0) is 0 Å². The Kier molecular flexibility index (Phi) is 7.24. The molecule has 0 bridgehead atoms. The third-order valence-corrected chi connectivity index (χ3v) is 6.35. The predicted octanol–water partition coefficient (Wildman–Crippen LogP) is 3.01. The molecule has 0 amide bonds. The molecule has 7 nitrogen and oxygen atoms in total. The highest BCUT2D eigenvalue weighted by Crippen LogP contribution is 2.32. The Morgan fingerprint density at radius 1 is 1.00 bits per heavy atom. The number of hydrogen-bond acceptors (Lipinski definition) is 5. The zero-order valence-electron chi connectivity index (χ0n) is 19.2. The molecule has 1 atom stereocenters. The summed E-state index contributed by atoms with van der Waals surface area (Å²) in [6.07, 6.45) is 1.14. The van der Waals surface area contributed by atoms with Crippen LogP contribution in [0.4, 0.5) is 11.4 Å². The molecule has 172 valence electrons. The number of phenols is 1. The summed E-state index contributed by atoms with van der Waals surface area (Å²) in [7, 11) is 1.73. The number of benzene rings is 2. The van der Waals surface area contributed by atoms with Crippen LogP contribution in [-0.4, -0.2) is 75.4 Å². The standard InChI is InChI=1S/C25H35N5O2/c1-3-26-25(29-16-14-28(15-17-29)21-8-4-6-10-23(21)31)27-18-20-12-13-30(19-20)22-9-5-7-11-24(22)32-2/h4-11,20,31H,3,12-19H2,1-2H3,(H,26,27). The van der Waals surface area contributed by atoms with Crippen LogP contribution in [0.15, 0.2) is 53.5 Å². The number of guanidine groups is 1. The molecule has 2 aromatic rings. The lowest BCUT2D eigenvalue weighted by molar-refractivity contribution is 0.368. The first-order valence-corrected chi connectivity index (χ1v) is 11.6. The maximum atomic E-state index is 10.2. The third-order valence-electron chi connectivity index (χ3n) is 6.35. The Morgan fingerprint density at radius 3 is 2.44 bits per heavy atom. The molecule has 2 aliphatic heterocycles. The second-order valence-corrected chi connectivity index (χ2v) is 8.43. The van der Waals surface area contributed by atoms with Crippen molar-refractivity contribution in [2.24, 2.45) is 10.9 Å². The van der Waals surface area contributed by atoms with Gasteiger partial charge in [-0.05, 0) is 43.5 Å². The highest BCUT2D eigenvalue weighted by molar-refractivity contribution is 5.80. The van der Waals surface area contributed by atoms with Crippen LogP contribution in [0.5, 0.6) is 11.5 Å². The number of ether oxygens (including phenoxy) is 1. The zero-order chi connectivity index (χ0) is 22.3. The first-order chi connectivity index (χ1) is 15.7. The lowest BCUT2D eigenvalue weighted by atomic mass is 10.1. The topological polar surface area (TPSA) is 63.6 Å². The van der Waals surface area contributed by atoms with Gasteiger partial charge < -0.3 is 29.9 Å². The number of phenolic OH excluding ortho intramolecular Hbond substituents is 1. The van der Waals surface area contributed by atoms with Crippen molar-refractivity contribution in [1.29, 1.82) is 0 Å². The average Bonchev–Trinajstić information content (AvgIpc) is 3.31. The molecule has 4 rings (SSSR count). The molecule has 0 aliphatic carbocycles. The van der Waals surface area contributed by atoms with Gasteiger partial charge >= 0.3 is 0 Å². The molecule has 2 heterocycles. The van der Waals surface area contributed by atoms with E-state index in [4.69, 9.17) is 9.73 Å². The summed E-state index contributed by atoms with van der Waals surface area (Å²) < 4.78 is 5.54. The highest BCUT2D eigenvalue weighted by atomic mass is 16.5. The van der Waals surface area contributed by atoms with E-state index in [-0.39, 0.29) is 0 Å². The molecule has 0 aromatic heterocycles. The summed E-state index contributed by atoms with van der Waals surface area (Å²) in [5.74, 6) is 2.82. The van der Waals surface area contributed by atoms with Crippen molar-refractivity contribution in [3.8, 4) is 11.5 Å². The monoisotopic (exact) mass is 437 g/mol. The predicted molar refractivity (Wildman–Crippen MR) is 131 cm³/mol. The van der Waals surface area contributed by atoms with Crippen LogP contribution >= 0.6 is 0 Å². The van der Waals surface area contributed by atoms with E-state index in [9.17, 15) is 5.11 Å². The van der Waals surface area contributed by atoms with Crippen molar-refractivity contribution < 1.29 is 9.84 Å². The second kappa shape index (κ2) is 10.5. The van der Waals surface area contributed by atoms with Gasteiger partial charge in [-0.1, -0.05) is 24.3 Å². The minimum absolute atomic E-state index is 0.349. The minimum atomic E-state index is 0.349. The first-order valence-electron chi connectivity index (χ1n) is 11.6. The molecule has 2 aliphatic rings. The van der Waals surface area contributed by atoms with Gasteiger partial charge in [-0.2, -0.15) is 0 Å². The van der Waals surface area contributed by atoms with E-state index in [2.05, 4.69) is 39.1 Å². The molecule has 0 saturated carbocycles. The lowest BCUT2D eigenvalue weighted by Crippen LogP contribution is -2.52. The molecule has 7 heteroatoms. The number of aromatic hydroxyl groups is 1. The number of aliphatic imine (C=N–C) groups is 1. The largest absolute Gasteiger partial charge is 0.506 e. The number of methoxy groups -OCH3 is 1. The van der Waals surface area contributed by atoms with E-state index in [1.165, 1.54) is 5.69 Å². The van der Waals surface area contributed by atoms with Gasteiger partial charge in [0.15, 0.2) is 5.96 Å². The summed E-state index contributed by atoms with van der Waals surface area (Å²) in [4.78, 5) is 12.0. The third kappa shape index (κ3) is 5.03. The SMILES string of the molecule is CCNC(=NCC1CCN(c2ccccc2OC)C1)N1CCN(c2ccccc2O)CC1. The van der Waals surface area contributed by atoms with Gasteiger partial charge in [-0.3, -0.25) is 4.99 Å². The van der Waals surface area contributed by atoms with Gasteiger partial charge in [-0.25, -0.2) is 0 Å². The average molecular weight is 438 g/mol.